The van der Waals surface area contributed by atoms with E-state index < -0.39 is 0 Å². The Hall–Kier alpha value is -2.91. The summed E-state index contributed by atoms with van der Waals surface area (Å²) >= 11 is 0. The van der Waals surface area contributed by atoms with Gasteiger partial charge in [-0.2, -0.15) is 0 Å². The highest BCUT2D eigenvalue weighted by Gasteiger charge is 2.42. The van der Waals surface area contributed by atoms with E-state index >= 15 is 0 Å². The van der Waals surface area contributed by atoms with Crippen molar-refractivity contribution in [2.24, 2.45) is 17.8 Å². The molecule has 2 aromatic rings. The molecule has 208 valence electrons. The van der Waals surface area contributed by atoms with Crippen LogP contribution >= 0.6 is 0 Å². The van der Waals surface area contributed by atoms with E-state index in [1.54, 1.807) is 6.07 Å². The molecular formula is C30H38FN5O3. The van der Waals surface area contributed by atoms with Crippen molar-refractivity contribution in [1.82, 2.24) is 25.1 Å². The van der Waals surface area contributed by atoms with E-state index in [1.807, 2.05) is 24.8 Å². The minimum absolute atomic E-state index is 0.0195. The third-order valence-corrected chi connectivity index (χ3v) is 8.90. The number of nitrogens with zero attached hydrogens (tertiary/aromatic N) is 4. The van der Waals surface area contributed by atoms with Gasteiger partial charge in [0.2, 0.25) is 5.91 Å². The van der Waals surface area contributed by atoms with E-state index in [0.717, 1.165) is 74.8 Å². The molecule has 39 heavy (non-hydrogen) atoms. The largest absolute Gasteiger partial charge is 0.381 e. The molecule has 1 aliphatic carbocycles. The highest BCUT2D eigenvalue weighted by atomic mass is 19.1. The van der Waals surface area contributed by atoms with Gasteiger partial charge in [-0.25, -0.2) is 14.4 Å². The van der Waals surface area contributed by atoms with Crippen molar-refractivity contribution in [2.75, 3.05) is 45.9 Å². The molecule has 1 N–H and O–H groups in total. The molecule has 4 heterocycles. The minimum atomic E-state index is -0.297. The summed E-state index contributed by atoms with van der Waals surface area (Å²) in [6, 6.07) is 6.27. The van der Waals surface area contributed by atoms with Crippen LogP contribution in [-0.4, -0.2) is 77.5 Å². The van der Waals surface area contributed by atoms with E-state index in [2.05, 4.69) is 20.2 Å². The van der Waals surface area contributed by atoms with Crippen LogP contribution in [0.25, 0.3) is 0 Å². The standard InChI is InChI=1S/C30H38FN5O3/c1-18-27(19(2)33-28(32-18)20-6-7-20)30(38)36-15-23-13-35(14-24(23)16-36)10-8-26(21-4-3-5-25(31)12-21)34-29(37)22-9-11-39-17-22/h3-5,12,20,22-24,26H,6-11,13-17H2,1-2H3,(H,34,37)/t22?,23-,24?,26?/m0/s1. The lowest BCUT2D eigenvalue weighted by Gasteiger charge is -2.26. The second-order valence-electron chi connectivity index (χ2n) is 11.9. The van der Waals surface area contributed by atoms with Crippen molar-refractivity contribution in [1.29, 1.82) is 0 Å². The zero-order valence-corrected chi connectivity index (χ0v) is 22.9. The molecular weight excluding hydrogens is 497 g/mol. The van der Waals surface area contributed by atoms with Gasteiger partial charge in [0, 0.05) is 45.2 Å². The summed E-state index contributed by atoms with van der Waals surface area (Å²) in [7, 11) is 0. The summed E-state index contributed by atoms with van der Waals surface area (Å²) in [5.41, 5.74) is 3.04. The topological polar surface area (TPSA) is 87.7 Å². The van der Waals surface area contributed by atoms with Crippen molar-refractivity contribution in [3.05, 3.63) is 58.4 Å². The number of benzene rings is 1. The lowest BCUT2D eigenvalue weighted by molar-refractivity contribution is -0.125. The molecule has 0 spiro atoms. The van der Waals surface area contributed by atoms with Crippen LogP contribution in [0.5, 0.6) is 0 Å². The predicted molar refractivity (Wildman–Crippen MR) is 144 cm³/mol. The number of nitrogens with one attached hydrogen (secondary N) is 1. The Labute approximate surface area is 229 Å². The molecule has 4 aliphatic rings. The number of amides is 2. The molecule has 3 unspecified atom stereocenters. The van der Waals surface area contributed by atoms with Crippen molar-refractivity contribution < 1.29 is 18.7 Å². The fourth-order valence-electron chi connectivity index (χ4n) is 6.56. The van der Waals surface area contributed by atoms with Gasteiger partial charge in [0.05, 0.1) is 35.5 Å². The number of carbonyl (C=O) groups is 2. The molecule has 4 fully saturated rings. The molecule has 3 saturated heterocycles. The Morgan fingerprint density at radius 2 is 1.79 bits per heavy atom. The van der Waals surface area contributed by atoms with Crippen LogP contribution in [0, 0.1) is 37.4 Å². The van der Waals surface area contributed by atoms with Crippen LogP contribution in [0.2, 0.25) is 0 Å². The van der Waals surface area contributed by atoms with E-state index in [1.165, 1.54) is 12.1 Å². The summed E-state index contributed by atoms with van der Waals surface area (Å²) in [4.78, 5) is 40.0. The number of aryl methyl sites for hydroxylation is 2. The molecule has 4 atom stereocenters. The van der Waals surface area contributed by atoms with Crippen molar-refractivity contribution in [3.63, 3.8) is 0 Å². The Morgan fingerprint density at radius 3 is 2.41 bits per heavy atom. The van der Waals surface area contributed by atoms with Gasteiger partial charge < -0.3 is 19.9 Å². The Kier molecular flexibility index (Phi) is 7.37. The third-order valence-electron chi connectivity index (χ3n) is 8.90. The molecule has 0 radical (unpaired) electrons. The van der Waals surface area contributed by atoms with Gasteiger partial charge in [0.25, 0.3) is 5.91 Å². The highest BCUT2D eigenvalue weighted by Crippen LogP contribution is 2.39. The summed E-state index contributed by atoms with van der Waals surface area (Å²) in [6.07, 6.45) is 3.71. The highest BCUT2D eigenvalue weighted by molar-refractivity contribution is 5.96. The van der Waals surface area contributed by atoms with Gasteiger partial charge in [-0.15, -0.1) is 0 Å². The number of halogens is 1. The van der Waals surface area contributed by atoms with Crippen molar-refractivity contribution in [2.45, 2.75) is 51.5 Å². The number of rotatable bonds is 8. The average Bonchev–Trinajstić information content (AvgIpc) is 3.27. The Balaban J connectivity index is 1.06. The minimum Gasteiger partial charge on any atom is -0.381 e. The maximum atomic E-state index is 14.0. The quantitative estimate of drug-likeness (QED) is 0.558. The monoisotopic (exact) mass is 535 g/mol. The zero-order chi connectivity index (χ0) is 27.1. The van der Waals surface area contributed by atoms with Crippen molar-refractivity contribution >= 4 is 11.8 Å². The van der Waals surface area contributed by atoms with Crippen LogP contribution in [0.1, 0.15) is 70.8 Å². The Bertz CT molecular complexity index is 1210. The van der Waals surface area contributed by atoms with Gasteiger partial charge in [-0.1, -0.05) is 12.1 Å². The smallest absolute Gasteiger partial charge is 0.257 e. The van der Waals surface area contributed by atoms with Gasteiger partial charge in [-0.3, -0.25) is 9.59 Å². The number of fused-ring (bicyclic) bond motifs is 1. The average molecular weight is 536 g/mol. The Morgan fingerprint density at radius 1 is 1.08 bits per heavy atom. The summed E-state index contributed by atoms with van der Waals surface area (Å²) in [5, 5.41) is 3.17. The number of likely N-dealkylation sites (tertiary alicyclic amines) is 2. The predicted octanol–water partition coefficient (Wildman–Crippen LogP) is 3.40. The van der Waals surface area contributed by atoms with Crippen LogP contribution in [0.4, 0.5) is 4.39 Å². The molecule has 0 bridgehead atoms. The number of hydrogen-bond acceptors (Lipinski definition) is 6. The molecule has 9 heteroatoms. The van der Waals surface area contributed by atoms with E-state index in [4.69, 9.17) is 4.74 Å². The first-order valence-corrected chi connectivity index (χ1v) is 14.4. The molecule has 1 aromatic carbocycles. The summed E-state index contributed by atoms with van der Waals surface area (Å²) in [6.45, 7) is 9.05. The fraction of sp³-hybridized carbons (Fsp3) is 0.600. The van der Waals surface area contributed by atoms with Crippen LogP contribution in [-0.2, 0) is 9.53 Å². The normalized spacial score (nSPS) is 25.6. The van der Waals surface area contributed by atoms with Gasteiger partial charge in [0.1, 0.15) is 11.6 Å². The maximum absolute atomic E-state index is 14.0. The lowest BCUT2D eigenvalue weighted by atomic mass is 10.0. The molecule has 3 aliphatic heterocycles. The van der Waals surface area contributed by atoms with Crippen LogP contribution in [0.15, 0.2) is 24.3 Å². The zero-order valence-electron chi connectivity index (χ0n) is 22.9. The first kappa shape index (κ1) is 26.3. The van der Waals surface area contributed by atoms with E-state index in [9.17, 15) is 14.0 Å². The number of hydrogen-bond donors (Lipinski definition) is 1. The molecule has 1 aromatic heterocycles. The fourth-order valence-corrected chi connectivity index (χ4v) is 6.56. The molecule has 8 nitrogen and oxygen atoms in total. The summed E-state index contributed by atoms with van der Waals surface area (Å²) < 4.78 is 19.4. The molecule has 2 amide bonds. The summed E-state index contributed by atoms with van der Waals surface area (Å²) in [5.74, 6) is 1.81. The second-order valence-corrected chi connectivity index (χ2v) is 11.9. The van der Waals surface area contributed by atoms with E-state index in [0.29, 0.717) is 43.0 Å². The number of ether oxygens (including phenoxy) is 1. The SMILES string of the molecule is Cc1nc(C2CC2)nc(C)c1C(=O)N1CC2CN(CCC(NC(=O)C3CCOC3)c3cccc(F)c3)C[C@H]2C1. The van der Waals surface area contributed by atoms with Crippen molar-refractivity contribution in [3.8, 4) is 0 Å². The van der Waals surface area contributed by atoms with Crippen LogP contribution < -0.4 is 5.32 Å². The van der Waals surface area contributed by atoms with Crippen LogP contribution in [0.3, 0.4) is 0 Å². The van der Waals surface area contributed by atoms with Gasteiger partial charge in [-0.05, 0) is 69.1 Å². The second kappa shape index (κ2) is 10.9. The van der Waals surface area contributed by atoms with Gasteiger partial charge in [0.15, 0.2) is 0 Å². The number of carbonyl (C=O) groups excluding carboxylic acids is 2. The van der Waals surface area contributed by atoms with E-state index in [-0.39, 0.29) is 29.6 Å². The molecule has 1 saturated carbocycles. The van der Waals surface area contributed by atoms with Gasteiger partial charge >= 0.3 is 0 Å². The lowest BCUT2D eigenvalue weighted by Crippen LogP contribution is -2.37. The first-order chi connectivity index (χ1) is 18.9. The maximum Gasteiger partial charge on any atom is 0.257 e. The molecule has 6 rings (SSSR count). The first-order valence-electron chi connectivity index (χ1n) is 14.4. The number of aromatic nitrogens is 2. The third kappa shape index (κ3) is 5.70.